The number of carbonyl (C=O) groups excluding carboxylic acids is 1. The quantitative estimate of drug-likeness (QED) is 0.807. The van der Waals surface area contributed by atoms with Crippen LogP contribution < -0.4 is 5.32 Å². The van der Waals surface area contributed by atoms with Crippen LogP contribution in [0, 0.1) is 0 Å². The first-order valence-electron chi connectivity index (χ1n) is 5.43. The zero-order chi connectivity index (χ0) is 12.1. The predicted octanol–water partition coefficient (Wildman–Crippen LogP) is 1.32. The lowest BCUT2D eigenvalue weighted by atomic mass is 10.1. The number of pyridine rings is 1. The van der Waals surface area contributed by atoms with Gasteiger partial charge in [0.05, 0.1) is 6.10 Å². The molecule has 16 heavy (non-hydrogen) atoms. The zero-order valence-electron chi connectivity index (χ0n) is 9.90. The molecule has 1 rings (SSSR count). The van der Waals surface area contributed by atoms with Crippen molar-refractivity contribution >= 4 is 5.91 Å². The Balaban J connectivity index is 2.72. The summed E-state index contributed by atoms with van der Waals surface area (Å²) in [6.07, 6.45) is 1.10. The topological polar surface area (TPSA) is 62.2 Å². The molecular formula is C12H18N2O2. The minimum absolute atomic E-state index is 0.176. The molecule has 0 fully saturated rings. The molecule has 0 bridgehead atoms. The van der Waals surface area contributed by atoms with Crippen molar-refractivity contribution in [3.63, 3.8) is 0 Å². The van der Waals surface area contributed by atoms with Crippen LogP contribution in [0.5, 0.6) is 0 Å². The molecular weight excluding hydrogens is 204 g/mol. The maximum atomic E-state index is 11.7. The summed E-state index contributed by atoms with van der Waals surface area (Å²) in [5.41, 5.74) is 1.48. The number of nitrogens with one attached hydrogen (secondary N) is 1. The smallest absolute Gasteiger partial charge is 0.251 e. The van der Waals surface area contributed by atoms with Gasteiger partial charge in [0.15, 0.2) is 0 Å². The van der Waals surface area contributed by atoms with E-state index in [1.54, 1.807) is 25.3 Å². The molecule has 0 saturated heterocycles. The van der Waals surface area contributed by atoms with E-state index in [0.717, 1.165) is 5.69 Å². The van der Waals surface area contributed by atoms with E-state index in [-0.39, 0.29) is 12.5 Å². The van der Waals surface area contributed by atoms with Crippen LogP contribution in [0.2, 0.25) is 0 Å². The summed E-state index contributed by atoms with van der Waals surface area (Å²) in [5, 5.41) is 11.7. The van der Waals surface area contributed by atoms with Crippen molar-refractivity contribution in [3.8, 4) is 0 Å². The van der Waals surface area contributed by atoms with Gasteiger partial charge in [-0.15, -0.1) is 0 Å². The molecule has 0 saturated carbocycles. The number of rotatable bonds is 4. The van der Waals surface area contributed by atoms with E-state index >= 15 is 0 Å². The molecule has 2 N–H and O–H groups in total. The molecule has 0 spiro atoms. The Morgan fingerprint density at radius 1 is 1.50 bits per heavy atom. The summed E-state index contributed by atoms with van der Waals surface area (Å²) in [7, 11) is 0. The fraction of sp³-hybridized carbons (Fsp3) is 0.500. The lowest BCUT2D eigenvalue weighted by Gasteiger charge is -2.09. The number of nitrogens with zero attached hydrogens (tertiary/aromatic N) is 1. The van der Waals surface area contributed by atoms with Gasteiger partial charge in [-0.2, -0.15) is 0 Å². The molecule has 0 aliphatic rings. The third-order valence-corrected chi connectivity index (χ3v) is 2.19. The highest BCUT2D eigenvalue weighted by Gasteiger charge is 2.08. The van der Waals surface area contributed by atoms with Crippen molar-refractivity contribution in [1.29, 1.82) is 0 Å². The van der Waals surface area contributed by atoms with E-state index in [2.05, 4.69) is 10.3 Å². The second kappa shape index (κ2) is 5.61. The van der Waals surface area contributed by atoms with Crippen molar-refractivity contribution in [2.45, 2.75) is 32.8 Å². The molecule has 1 amide bonds. The minimum Gasteiger partial charge on any atom is -0.392 e. The van der Waals surface area contributed by atoms with Gasteiger partial charge < -0.3 is 10.4 Å². The Morgan fingerprint density at radius 2 is 2.19 bits per heavy atom. The van der Waals surface area contributed by atoms with Gasteiger partial charge in [-0.05, 0) is 25.0 Å². The highest BCUT2D eigenvalue weighted by Crippen LogP contribution is 2.12. The van der Waals surface area contributed by atoms with Crippen molar-refractivity contribution in [3.05, 3.63) is 29.6 Å². The fourth-order valence-corrected chi connectivity index (χ4v) is 1.25. The van der Waals surface area contributed by atoms with Gasteiger partial charge in [0.2, 0.25) is 0 Å². The Kier molecular flexibility index (Phi) is 4.43. The first kappa shape index (κ1) is 12.6. The summed E-state index contributed by atoms with van der Waals surface area (Å²) in [6.45, 7) is 5.95. The second-order valence-electron chi connectivity index (χ2n) is 4.18. The molecule has 1 unspecified atom stereocenters. The molecule has 4 heteroatoms. The number of hydrogen-bond acceptors (Lipinski definition) is 3. The van der Waals surface area contributed by atoms with Gasteiger partial charge in [-0.1, -0.05) is 13.8 Å². The SMILES string of the molecule is CC(O)CNC(=O)c1ccnc(C(C)C)c1. The normalized spacial score (nSPS) is 12.6. The molecule has 1 atom stereocenters. The highest BCUT2D eigenvalue weighted by atomic mass is 16.3. The van der Waals surface area contributed by atoms with Gasteiger partial charge in [0.1, 0.15) is 0 Å². The first-order chi connectivity index (χ1) is 7.50. The maximum absolute atomic E-state index is 11.7. The molecule has 0 radical (unpaired) electrons. The Hall–Kier alpha value is -1.42. The van der Waals surface area contributed by atoms with Gasteiger partial charge in [-0.25, -0.2) is 0 Å². The summed E-state index contributed by atoms with van der Waals surface area (Å²) in [5.74, 6) is 0.120. The third-order valence-electron chi connectivity index (χ3n) is 2.19. The van der Waals surface area contributed by atoms with E-state index in [1.807, 2.05) is 13.8 Å². The molecule has 0 aromatic carbocycles. The maximum Gasteiger partial charge on any atom is 0.251 e. The summed E-state index contributed by atoms with van der Waals surface area (Å²) >= 11 is 0. The number of aliphatic hydroxyl groups is 1. The Morgan fingerprint density at radius 3 is 2.75 bits per heavy atom. The Labute approximate surface area is 95.7 Å². The van der Waals surface area contributed by atoms with Crippen molar-refractivity contribution < 1.29 is 9.90 Å². The zero-order valence-corrected chi connectivity index (χ0v) is 9.90. The Bertz CT molecular complexity index is 362. The molecule has 0 aliphatic carbocycles. The molecule has 4 nitrogen and oxygen atoms in total. The standard InChI is InChI=1S/C12H18N2O2/c1-8(2)11-6-10(4-5-13-11)12(16)14-7-9(3)15/h4-6,8-9,15H,7H2,1-3H3,(H,14,16). The van der Waals surface area contributed by atoms with Crippen LogP contribution in [0.25, 0.3) is 0 Å². The average molecular weight is 222 g/mol. The fourth-order valence-electron chi connectivity index (χ4n) is 1.25. The van der Waals surface area contributed by atoms with Crippen molar-refractivity contribution in [1.82, 2.24) is 10.3 Å². The first-order valence-corrected chi connectivity index (χ1v) is 5.43. The lowest BCUT2D eigenvalue weighted by Crippen LogP contribution is -2.30. The monoisotopic (exact) mass is 222 g/mol. The summed E-state index contributed by atoms with van der Waals surface area (Å²) in [6, 6.07) is 3.45. The van der Waals surface area contributed by atoms with Crippen LogP contribution in [0.3, 0.4) is 0 Å². The number of amides is 1. The highest BCUT2D eigenvalue weighted by molar-refractivity contribution is 5.94. The summed E-state index contributed by atoms with van der Waals surface area (Å²) < 4.78 is 0. The number of carbonyl (C=O) groups is 1. The van der Waals surface area contributed by atoms with Gasteiger partial charge in [0.25, 0.3) is 5.91 Å². The molecule has 0 aliphatic heterocycles. The van der Waals surface area contributed by atoms with Crippen molar-refractivity contribution in [2.24, 2.45) is 0 Å². The predicted molar refractivity (Wildman–Crippen MR) is 62.3 cm³/mol. The average Bonchev–Trinajstić information content (AvgIpc) is 2.26. The molecule has 88 valence electrons. The number of aliphatic hydroxyl groups excluding tert-OH is 1. The van der Waals surface area contributed by atoms with Crippen LogP contribution >= 0.6 is 0 Å². The van der Waals surface area contributed by atoms with Crippen LogP contribution in [0.1, 0.15) is 42.7 Å². The van der Waals surface area contributed by atoms with Crippen LogP contribution in [0.4, 0.5) is 0 Å². The van der Waals surface area contributed by atoms with Crippen molar-refractivity contribution in [2.75, 3.05) is 6.54 Å². The summed E-state index contributed by atoms with van der Waals surface area (Å²) in [4.78, 5) is 15.9. The van der Waals surface area contributed by atoms with E-state index in [1.165, 1.54) is 0 Å². The molecule has 1 aromatic rings. The lowest BCUT2D eigenvalue weighted by molar-refractivity contribution is 0.0924. The van der Waals surface area contributed by atoms with E-state index in [0.29, 0.717) is 11.5 Å². The van der Waals surface area contributed by atoms with Gasteiger partial charge in [0, 0.05) is 24.0 Å². The minimum atomic E-state index is -0.532. The van der Waals surface area contributed by atoms with E-state index < -0.39 is 6.10 Å². The largest absolute Gasteiger partial charge is 0.392 e. The van der Waals surface area contributed by atoms with E-state index in [4.69, 9.17) is 5.11 Å². The number of aromatic nitrogens is 1. The number of hydrogen-bond donors (Lipinski definition) is 2. The van der Waals surface area contributed by atoms with Crippen LogP contribution in [0.15, 0.2) is 18.3 Å². The molecule has 1 aromatic heterocycles. The van der Waals surface area contributed by atoms with Gasteiger partial charge in [-0.3, -0.25) is 9.78 Å². The van der Waals surface area contributed by atoms with E-state index in [9.17, 15) is 4.79 Å². The van der Waals surface area contributed by atoms with Crippen LogP contribution in [-0.4, -0.2) is 28.6 Å². The third kappa shape index (κ3) is 3.62. The van der Waals surface area contributed by atoms with Gasteiger partial charge >= 0.3 is 0 Å². The van der Waals surface area contributed by atoms with Crippen LogP contribution in [-0.2, 0) is 0 Å². The molecule has 1 heterocycles. The second-order valence-corrected chi connectivity index (χ2v) is 4.18.